The summed E-state index contributed by atoms with van der Waals surface area (Å²) in [7, 11) is 0. The van der Waals surface area contributed by atoms with Gasteiger partial charge in [-0.05, 0) is 32.1 Å². The van der Waals surface area contributed by atoms with Crippen molar-refractivity contribution in [2.45, 2.75) is 45.1 Å². The van der Waals surface area contributed by atoms with Crippen LogP contribution in [0.1, 0.15) is 39.0 Å². The van der Waals surface area contributed by atoms with Crippen LogP contribution in [0.15, 0.2) is 23.8 Å². The summed E-state index contributed by atoms with van der Waals surface area (Å²) in [6.07, 6.45) is 11.8. The minimum atomic E-state index is -0.257. The Morgan fingerprint density at radius 3 is 3.00 bits per heavy atom. The molecule has 0 radical (unpaired) electrons. The van der Waals surface area contributed by atoms with E-state index < -0.39 is 0 Å². The first-order valence-electron chi connectivity index (χ1n) is 4.88. The third-order valence-electron chi connectivity index (χ3n) is 2.28. The predicted octanol–water partition coefficient (Wildman–Crippen LogP) is 2.81. The Hall–Kier alpha value is -0.560. The second-order valence-electron chi connectivity index (χ2n) is 3.36. The average molecular weight is 166 g/mol. The van der Waals surface area contributed by atoms with E-state index >= 15 is 0 Å². The lowest BCUT2D eigenvalue weighted by molar-refractivity contribution is 0.219. The lowest BCUT2D eigenvalue weighted by Gasteiger charge is -2.08. The zero-order valence-corrected chi connectivity index (χ0v) is 7.79. The molecule has 12 heavy (non-hydrogen) atoms. The van der Waals surface area contributed by atoms with E-state index in [0.29, 0.717) is 0 Å². The Labute approximate surface area is 74.8 Å². The SMILES string of the molecule is CCC(O)C=CC1=CCCCC1. The van der Waals surface area contributed by atoms with E-state index in [0.717, 1.165) is 6.42 Å². The van der Waals surface area contributed by atoms with E-state index in [1.165, 1.54) is 31.3 Å². The van der Waals surface area contributed by atoms with Crippen LogP contribution in [0.5, 0.6) is 0 Å². The predicted molar refractivity (Wildman–Crippen MR) is 52.0 cm³/mol. The second kappa shape index (κ2) is 5.15. The van der Waals surface area contributed by atoms with Crippen molar-refractivity contribution < 1.29 is 5.11 Å². The van der Waals surface area contributed by atoms with Gasteiger partial charge in [-0.15, -0.1) is 0 Å². The molecule has 1 nitrogen and oxygen atoms in total. The summed E-state index contributed by atoms with van der Waals surface area (Å²) < 4.78 is 0. The maximum Gasteiger partial charge on any atom is 0.0721 e. The van der Waals surface area contributed by atoms with Gasteiger partial charge in [0, 0.05) is 0 Å². The van der Waals surface area contributed by atoms with Gasteiger partial charge in [-0.2, -0.15) is 0 Å². The molecule has 0 aromatic rings. The van der Waals surface area contributed by atoms with Crippen LogP contribution < -0.4 is 0 Å². The molecule has 0 bridgehead atoms. The summed E-state index contributed by atoms with van der Waals surface area (Å²) >= 11 is 0. The van der Waals surface area contributed by atoms with Crippen LogP contribution in [0.25, 0.3) is 0 Å². The summed E-state index contributed by atoms with van der Waals surface area (Å²) in [5.74, 6) is 0. The molecule has 1 aliphatic carbocycles. The van der Waals surface area contributed by atoms with Crippen molar-refractivity contribution in [1.82, 2.24) is 0 Å². The van der Waals surface area contributed by atoms with Crippen LogP contribution in [0.4, 0.5) is 0 Å². The summed E-state index contributed by atoms with van der Waals surface area (Å²) in [6, 6.07) is 0. The standard InChI is InChI=1S/C11H18O/c1-2-11(12)9-8-10-6-4-3-5-7-10/h6,8-9,11-12H,2-5,7H2,1H3. The van der Waals surface area contributed by atoms with E-state index in [-0.39, 0.29) is 6.10 Å². The molecule has 0 aliphatic heterocycles. The van der Waals surface area contributed by atoms with Gasteiger partial charge in [-0.3, -0.25) is 0 Å². The fraction of sp³-hybridized carbons (Fsp3) is 0.636. The second-order valence-corrected chi connectivity index (χ2v) is 3.36. The van der Waals surface area contributed by atoms with Crippen molar-refractivity contribution in [3.8, 4) is 0 Å². The van der Waals surface area contributed by atoms with E-state index in [2.05, 4.69) is 12.2 Å². The fourth-order valence-electron chi connectivity index (χ4n) is 1.39. The molecule has 0 fully saturated rings. The Morgan fingerprint density at radius 2 is 2.42 bits per heavy atom. The monoisotopic (exact) mass is 166 g/mol. The van der Waals surface area contributed by atoms with E-state index in [1.54, 1.807) is 0 Å². The molecular weight excluding hydrogens is 148 g/mol. The number of rotatable bonds is 3. The van der Waals surface area contributed by atoms with Gasteiger partial charge in [-0.1, -0.05) is 30.7 Å². The Balaban J connectivity index is 2.38. The van der Waals surface area contributed by atoms with Gasteiger partial charge < -0.3 is 5.11 Å². The zero-order valence-electron chi connectivity index (χ0n) is 7.79. The molecule has 0 aromatic heterocycles. The largest absolute Gasteiger partial charge is 0.389 e. The van der Waals surface area contributed by atoms with E-state index in [1.807, 2.05) is 13.0 Å². The molecule has 0 amide bonds. The van der Waals surface area contributed by atoms with Crippen molar-refractivity contribution in [1.29, 1.82) is 0 Å². The maximum absolute atomic E-state index is 9.27. The molecule has 0 saturated carbocycles. The van der Waals surface area contributed by atoms with Gasteiger partial charge in [0.15, 0.2) is 0 Å². The van der Waals surface area contributed by atoms with Crippen LogP contribution in [0.3, 0.4) is 0 Å². The van der Waals surface area contributed by atoms with Crippen molar-refractivity contribution in [3.05, 3.63) is 23.8 Å². The molecule has 0 saturated heterocycles. The first-order valence-corrected chi connectivity index (χ1v) is 4.88. The number of allylic oxidation sites excluding steroid dienone is 3. The van der Waals surface area contributed by atoms with E-state index in [9.17, 15) is 5.11 Å². The Morgan fingerprint density at radius 1 is 1.58 bits per heavy atom. The Kier molecular flexibility index (Phi) is 4.09. The lowest BCUT2D eigenvalue weighted by atomic mass is 9.99. The van der Waals surface area contributed by atoms with Gasteiger partial charge in [0.1, 0.15) is 0 Å². The highest BCUT2D eigenvalue weighted by atomic mass is 16.3. The summed E-state index contributed by atoms with van der Waals surface area (Å²) in [5, 5.41) is 9.27. The smallest absolute Gasteiger partial charge is 0.0721 e. The molecule has 1 N–H and O–H groups in total. The summed E-state index contributed by atoms with van der Waals surface area (Å²) in [6.45, 7) is 1.99. The van der Waals surface area contributed by atoms with Gasteiger partial charge in [-0.25, -0.2) is 0 Å². The highest BCUT2D eigenvalue weighted by Crippen LogP contribution is 2.18. The summed E-state index contributed by atoms with van der Waals surface area (Å²) in [4.78, 5) is 0. The number of hydrogen-bond donors (Lipinski definition) is 1. The average Bonchev–Trinajstić information content (AvgIpc) is 2.16. The highest BCUT2D eigenvalue weighted by Gasteiger charge is 2.00. The van der Waals surface area contributed by atoms with Crippen LogP contribution in [-0.4, -0.2) is 11.2 Å². The van der Waals surface area contributed by atoms with Crippen molar-refractivity contribution in [2.24, 2.45) is 0 Å². The van der Waals surface area contributed by atoms with E-state index in [4.69, 9.17) is 0 Å². The molecule has 0 heterocycles. The molecular formula is C11H18O. The van der Waals surface area contributed by atoms with Gasteiger partial charge in [0.2, 0.25) is 0 Å². The normalized spacial score (nSPS) is 21.0. The van der Waals surface area contributed by atoms with Gasteiger partial charge >= 0.3 is 0 Å². The third-order valence-corrected chi connectivity index (χ3v) is 2.28. The van der Waals surface area contributed by atoms with Crippen LogP contribution in [0.2, 0.25) is 0 Å². The molecule has 0 aromatic carbocycles. The minimum absolute atomic E-state index is 0.257. The minimum Gasteiger partial charge on any atom is -0.389 e. The summed E-state index contributed by atoms with van der Waals surface area (Å²) in [5.41, 5.74) is 1.40. The molecule has 1 heteroatoms. The van der Waals surface area contributed by atoms with Crippen molar-refractivity contribution in [3.63, 3.8) is 0 Å². The van der Waals surface area contributed by atoms with Gasteiger partial charge in [0.05, 0.1) is 6.10 Å². The van der Waals surface area contributed by atoms with Crippen molar-refractivity contribution in [2.75, 3.05) is 0 Å². The Bertz CT molecular complexity index is 179. The van der Waals surface area contributed by atoms with Crippen LogP contribution in [0, 0.1) is 0 Å². The zero-order chi connectivity index (χ0) is 8.81. The molecule has 0 spiro atoms. The maximum atomic E-state index is 9.27. The lowest BCUT2D eigenvalue weighted by Crippen LogP contribution is -1.98. The quantitative estimate of drug-likeness (QED) is 0.683. The first kappa shape index (κ1) is 9.53. The number of hydrogen-bond acceptors (Lipinski definition) is 1. The van der Waals surface area contributed by atoms with Gasteiger partial charge in [0.25, 0.3) is 0 Å². The molecule has 68 valence electrons. The third kappa shape index (κ3) is 3.22. The van der Waals surface area contributed by atoms with Crippen LogP contribution >= 0.6 is 0 Å². The topological polar surface area (TPSA) is 20.2 Å². The van der Waals surface area contributed by atoms with Crippen molar-refractivity contribution >= 4 is 0 Å². The molecule has 1 rings (SSSR count). The molecule has 1 atom stereocenters. The fourth-order valence-corrected chi connectivity index (χ4v) is 1.39. The molecule has 1 unspecified atom stereocenters. The first-order chi connectivity index (χ1) is 5.83. The highest BCUT2D eigenvalue weighted by molar-refractivity contribution is 5.20. The van der Waals surface area contributed by atoms with Crippen LogP contribution in [-0.2, 0) is 0 Å². The molecule has 1 aliphatic rings. The number of aliphatic hydroxyl groups is 1. The number of aliphatic hydroxyl groups excluding tert-OH is 1.